The second-order valence-corrected chi connectivity index (χ2v) is 3.60. The number of Topliss-reactive ketones (excluding diaryl/α,β-unsaturated/α-hetero) is 1. The topological polar surface area (TPSA) is 79.2 Å². The number of nitrogens with zero attached hydrogens (tertiary/aromatic N) is 1. The third-order valence-electron chi connectivity index (χ3n) is 2.18. The summed E-state index contributed by atoms with van der Waals surface area (Å²) in [6.07, 6.45) is 0.260. The summed E-state index contributed by atoms with van der Waals surface area (Å²) in [4.78, 5) is 22.6. The van der Waals surface area contributed by atoms with Crippen LogP contribution < -0.4 is 10.1 Å². The molecular formula is C13H14N2O3. The molecule has 5 heteroatoms. The molecule has 0 aromatic heterocycles. The van der Waals surface area contributed by atoms with Gasteiger partial charge in [-0.05, 0) is 19.1 Å². The van der Waals surface area contributed by atoms with Gasteiger partial charge in [-0.15, -0.1) is 0 Å². The number of carbonyl (C=O) groups is 2. The smallest absolute Gasteiger partial charge is 0.257 e. The fraction of sp³-hybridized carbons (Fsp3) is 0.308. The van der Waals surface area contributed by atoms with Crippen molar-refractivity contribution in [3.63, 3.8) is 0 Å². The van der Waals surface area contributed by atoms with Gasteiger partial charge in [0, 0.05) is 6.54 Å². The Morgan fingerprint density at radius 2 is 2.11 bits per heavy atom. The van der Waals surface area contributed by atoms with Crippen molar-refractivity contribution in [2.45, 2.75) is 13.3 Å². The summed E-state index contributed by atoms with van der Waals surface area (Å²) in [5.41, 5.74) is 0.447. The van der Waals surface area contributed by atoms with Gasteiger partial charge in [0.15, 0.2) is 12.4 Å². The summed E-state index contributed by atoms with van der Waals surface area (Å²) in [6, 6.07) is 8.67. The molecule has 0 unspecified atom stereocenters. The van der Waals surface area contributed by atoms with Gasteiger partial charge in [0.05, 0.1) is 18.1 Å². The van der Waals surface area contributed by atoms with Crippen LogP contribution in [0.2, 0.25) is 0 Å². The van der Waals surface area contributed by atoms with Crippen molar-refractivity contribution < 1.29 is 14.3 Å². The monoisotopic (exact) mass is 246 g/mol. The van der Waals surface area contributed by atoms with Crippen LogP contribution in [0.3, 0.4) is 0 Å². The SMILES string of the molecule is CC(=O)c1ccccc1OCC(=O)NCCC#N. The highest BCUT2D eigenvalue weighted by molar-refractivity contribution is 5.96. The van der Waals surface area contributed by atoms with Crippen molar-refractivity contribution in [3.05, 3.63) is 29.8 Å². The van der Waals surface area contributed by atoms with Crippen LogP contribution in [0.4, 0.5) is 0 Å². The van der Waals surface area contributed by atoms with Gasteiger partial charge in [0.1, 0.15) is 5.75 Å². The molecule has 1 aromatic rings. The summed E-state index contributed by atoms with van der Waals surface area (Å²) >= 11 is 0. The van der Waals surface area contributed by atoms with E-state index in [0.717, 1.165) is 0 Å². The van der Waals surface area contributed by atoms with E-state index in [1.807, 2.05) is 6.07 Å². The lowest BCUT2D eigenvalue weighted by Gasteiger charge is -2.09. The van der Waals surface area contributed by atoms with E-state index in [0.29, 0.717) is 17.9 Å². The number of rotatable bonds is 6. The highest BCUT2D eigenvalue weighted by atomic mass is 16.5. The predicted octanol–water partition coefficient (Wildman–Crippen LogP) is 1.30. The van der Waals surface area contributed by atoms with E-state index in [1.165, 1.54) is 6.92 Å². The van der Waals surface area contributed by atoms with Gasteiger partial charge in [0.25, 0.3) is 5.91 Å². The van der Waals surface area contributed by atoms with Crippen molar-refractivity contribution in [2.24, 2.45) is 0 Å². The largest absolute Gasteiger partial charge is 0.483 e. The maximum atomic E-state index is 11.3. The lowest BCUT2D eigenvalue weighted by Crippen LogP contribution is -2.29. The molecule has 0 aliphatic rings. The van der Waals surface area contributed by atoms with E-state index in [2.05, 4.69) is 5.32 Å². The molecule has 0 fully saturated rings. The van der Waals surface area contributed by atoms with E-state index < -0.39 is 0 Å². The summed E-state index contributed by atoms with van der Waals surface area (Å²) in [5, 5.41) is 10.8. The van der Waals surface area contributed by atoms with Crippen LogP contribution >= 0.6 is 0 Å². The molecule has 18 heavy (non-hydrogen) atoms. The third kappa shape index (κ3) is 4.26. The lowest BCUT2D eigenvalue weighted by molar-refractivity contribution is -0.123. The van der Waals surface area contributed by atoms with Crippen LogP contribution in [0, 0.1) is 11.3 Å². The zero-order valence-electron chi connectivity index (χ0n) is 10.1. The fourth-order valence-electron chi connectivity index (χ4n) is 1.34. The molecule has 0 saturated carbocycles. The molecule has 0 heterocycles. The minimum Gasteiger partial charge on any atom is -0.483 e. The van der Waals surface area contributed by atoms with Gasteiger partial charge in [0.2, 0.25) is 0 Å². The number of hydrogen-bond acceptors (Lipinski definition) is 4. The molecule has 1 amide bonds. The van der Waals surface area contributed by atoms with Crippen molar-refractivity contribution in [1.29, 1.82) is 5.26 Å². The van der Waals surface area contributed by atoms with E-state index in [4.69, 9.17) is 10.00 Å². The van der Waals surface area contributed by atoms with Gasteiger partial charge < -0.3 is 10.1 Å². The normalized spacial score (nSPS) is 9.33. The van der Waals surface area contributed by atoms with E-state index in [9.17, 15) is 9.59 Å². The summed E-state index contributed by atoms with van der Waals surface area (Å²) < 4.78 is 5.28. The van der Waals surface area contributed by atoms with E-state index in [1.54, 1.807) is 24.3 Å². The molecule has 1 N–H and O–H groups in total. The van der Waals surface area contributed by atoms with Crippen LogP contribution in [-0.2, 0) is 4.79 Å². The molecule has 0 bridgehead atoms. The Hall–Kier alpha value is -2.35. The minimum absolute atomic E-state index is 0.115. The number of para-hydroxylation sites is 1. The molecular weight excluding hydrogens is 232 g/mol. The molecule has 0 saturated heterocycles. The van der Waals surface area contributed by atoms with Crippen molar-refractivity contribution in [2.75, 3.05) is 13.2 Å². The average Bonchev–Trinajstić information content (AvgIpc) is 2.37. The number of nitrogens with one attached hydrogen (secondary N) is 1. The minimum atomic E-state index is -0.316. The second kappa shape index (κ2) is 7.07. The van der Waals surface area contributed by atoms with Gasteiger partial charge >= 0.3 is 0 Å². The Labute approximate surface area is 105 Å². The summed E-state index contributed by atoms with van der Waals surface area (Å²) in [7, 11) is 0. The standard InChI is InChI=1S/C13H14N2O3/c1-10(16)11-5-2-3-6-12(11)18-9-13(17)15-8-4-7-14/h2-3,5-6H,4,8-9H2,1H3,(H,15,17). The van der Waals surface area contributed by atoms with Crippen LogP contribution in [0.1, 0.15) is 23.7 Å². The van der Waals surface area contributed by atoms with E-state index in [-0.39, 0.29) is 24.7 Å². The fourth-order valence-corrected chi connectivity index (χ4v) is 1.34. The average molecular weight is 246 g/mol. The first-order chi connectivity index (χ1) is 8.65. The Morgan fingerprint density at radius 3 is 2.78 bits per heavy atom. The number of carbonyl (C=O) groups excluding carboxylic acids is 2. The van der Waals surface area contributed by atoms with Crippen LogP contribution in [0.5, 0.6) is 5.75 Å². The van der Waals surface area contributed by atoms with Gasteiger partial charge in [-0.25, -0.2) is 0 Å². The molecule has 1 aromatic carbocycles. The Kier molecular flexibility index (Phi) is 5.39. The predicted molar refractivity (Wildman–Crippen MR) is 65.2 cm³/mol. The molecule has 0 spiro atoms. The van der Waals surface area contributed by atoms with Crippen LogP contribution in [0.25, 0.3) is 0 Å². The lowest BCUT2D eigenvalue weighted by atomic mass is 10.1. The number of nitriles is 1. The number of ether oxygens (including phenoxy) is 1. The molecule has 0 aliphatic carbocycles. The third-order valence-corrected chi connectivity index (χ3v) is 2.18. The first-order valence-corrected chi connectivity index (χ1v) is 5.51. The highest BCUT2D eigenvalue weighted by Crippen LogP contribution is 2.17. The Bertz CT molecular complexity index is 477. The van der Waals surface area contributed by atoms with Gasteiger partial charge in [-0.1, -0.05) is 12.1 Å². The second-order valence-electron chi connectivity index (χ2n) is 3.60. The highest BCUT2D eigenvalue weighted by Gasteiger charge is 2.09. The van der Waals surface area contributed by atoms with Gasteiger partial charge in [-0.3, -0.25) is 9.59 Å². The molecule has 94 valence electrons. The molecule has 1 rings (SSSR count). The zero-order valence-corrected chi connectivity index (χ0v) is 10.1. The van der Waals surface area contributed by atoms with Crippen LogP contribution in [-0.4, -0.2) is 24.8 Å². The first kappa shape index (κ1) is 13.7. The van der Waals surface area contributed by atoms with Crippen LogP contribution in [0.15, 0.2) is 24.3 Å². The number of ketones is 1. The number of hydrogen-bond donors (Lipinski definition) is 1. The maximum absolute atomic E-state index is 11.3. The van der Waals surface area contributed by atoms with E-state index >= 15 is 0 Å². The van der Waals surface area contributed by atoms with Crippen molar-refractivity contribution in [1.82, 2.24) is 5.32 Å². The quantitative estimate of drug-likeness (QED) is 0.606. The Balaban J connectivity index is 2.51. The maximum Gasteiger partial charge on any atom is 0.257 e. The Morgan fingerprint density at radius 1 is 1.39 bits per heavy atom. The summed E-state index contributed by atoms with van der Waals surface area (Å²) in [6.45, 7) is 1.57. The zero-order chi connectivity index (χ0) is 13.4. The number of amides is 1. The molecule has 5 nitrogen and oxygen atoms in total. The molecule has 0 aliphatic heterocycles. The summed E-state index contributed by atoms with van der Waals surface area (Å²) in [5.74, 6) is -0.0421. The molecule has 0 atom stereocenters. The first-order valence-electron chi connectivity index (χ1n) is 5.51. The number of benzene rings is 1. The van der Waals surface area contributed by atoms with Gasteiger partial charge in [-0.2, -0.15) is 5.26 Å². The van der Waals surface area contributed by atoms with Crippen molar-refractivity contribution >= 4 is 11.7 Å². The van der Waals surface area contributed by atoms with Crippen molar-refractivity contribution in [3.8, 4) is 11.8 Å². The molecule has 0 radical (unpaired) electrons.